The number of nitrogens with one attached hydrogen (secondary N) is 2. The fourth-order valence-corrected chi connectivity index (χ4v) is 3.25. The lowest BCUT2D eigenvalue weighted by molar-refractivity contribution is 0.224. The maximum atomic E-state index is 5.90. The molecule has 0 aliphatic carbocycles. The molecule has 2 N–H and O–H groups in total. The van der Waals surface area contributed by atoms with Gasteiger partial charge in [0, 0.05) is 37.9 Å². The van der Waals surface area contributed by atoms with Crippen LogP contribution in [0.15, 0.2) is 47.6 Å². The molecule has 1 saturated heterocycles. The van der Waals surface area contributed by atoms with Crippen molar-refractivity contribution in [1.29, 1.82) is 0 Å². The van der Waals surface area contributed by atoms with Crippen LogP contribution < -0.4 is 20.3 Å². The van der Waals surface area contributed by atoms with Crippen molar-refractivity contribution in [3.05, 3.63) is 53.2 Å². The van der Waals surface area contributed by atoms with Crippen LogP contribution in [0.1, 0.15) is 25.3 Å². The molecule has 1 unspecified atom stereocenters. The molecule has 1 fully saturated rings. The van der Waals surface area contributed by atoms with Gasteiger partial charge in [-0.3, -0.25) is 4.99 Å². The van der Waals surface area contributed by atoms with E-state index >= 15 is 0 Å². The molecule has 0 radical (unpaired) electrons. The monoisotopic (exact) mass is 401 g/mol. The highest BCUT2D eigenvalue weighted by Crippen LogP contribution is 2.18. The molecule has 3 rings (SSSR count). The average molecular weight is 402 g/mol. The van der Waals surface area contributed by atoms with Crippen molar-refractivity contribution in [2.45, 2.75) is 32.4 Å². The minimum Gasteiger partial charge on any atom is -0.489 e. The van der Waals surface area contributed by atoms with Crippen molar-refractivity contribution in [3.8, 4) is 5.75 Å². The molecule has 1 aliphatic rings. The minimum atomic E-state index is -0.0116. The number of guanidine groups is 1. The third-order valence-electron chi connectivity index (χ3n) is 4.63. The van der Waals surface area contributed by atoms with Gasteiger partial charge in [0.05, 0.1) is 6.54 Å². The van der Waals surface area contributed by atoms with Crippen LogP contribution in [0.5, 0.6) is 5.75 Å². The third-order valence-corrected chi connectivity index (χ3v) is 4.88. The molecule has 0 saturated carbocycles. The van der Waals surface area contributed by atoms with Crippen LogP contribution in [0.2, 0.25) is 5.02 Å². The largest absolute Gasteiger partial charge is 0.489 e. The van der Waals surface area contributed by atoms with Crippen LogP contribution in [-0.2, 0) is 6.54 Å². The maximum absolute atomic E-state index is 5.90. The Labute approximate surface area is 172 Å². The second-order valence-electron chi connectivity index (χ2n) is 6.91. The number of aromatic nitrogens is 1. The lowest BCUT2D eigenvalue weighted by Gasteiger charge is -2.19. The molecule has 2 aromatic rings. The number of anilines is 1. The lowest BCUT2D eigenvalue weighted by atomic mass is 10.2. The van der Waals surface area contributed by atoms with E-state index in [9.17, 15) is 0 Å². The first-order valence-corrected chi connectivity index (χ1v) is 10.1. The molecule has 1 aliphatic heterocycles. The van der Waals surface area contributed by atoms with E-state index in [1.54, 1.807) is 7.05 Å². The summed E-state index contributed by atoms with van der Waals surface area (Å²) in [5, 5.41) is 7.35. The number of aliphatic imine (C=N–C) groups is 1. The van der Waals surface area contributed by atoms with Crippen LogP contribution in [-0.4, -0.2) is 43.7 Å². The number of ether oxygens (including phenoxy) is 1. The highest BCUT2D eigenvalue weighted by atomic mass is 35.5. The van der Waals surface area contributed by atoms with Gasteiger partial charge in [-0.25, -0.2) is 4.98 Å². The summed E-state index contributed by atoms with van der Waals surface area (Å²) in [6.07, 6.45) is 4.36. The fraction of sp³-hybridized carbons (Fsp3) is 0.429. The summed E-state index contributed by atoms with van der Waals surface area (Å²) in [7, 11) is 1.77. The zero-order valence-corrected chi connectivity index (χ0v) is 17.2. The van der Waals surface area contributed by atoms with Crippen molar-refractivity contribution >= 4 is 23.4 Å². The highest BCUT2D eigenvalue weighted by molar-refractivity contribution is 6.30. The molecule has 7 heteroatoms. The normalized spacial score (nSPS) is 15.4. The van der Waals surface area contributed by atoms with E-state index in [1.165, 1.54) is 18.4 Å². The smallest absolute Gasteiger partial charge is 0.191 e. The van der Waals surface area contributed by atoms with Gasteiger partial charge in [-0.1, -0.05) is 11.6 Å². The van der Waals surface area contributed by atoms with E-state index in [-0.39, 0.29) is 6.10 Å². The Morgan fingerprint density at radius 1 is 1.21 bits per heavy atom. The zero-order chi connectivity index (χ0) is 19.8. The second kappa shape index (κ2) is 10.2. The van der Waals surface area contributed by atoms with Crippen molar-refractivity contribution in [3.63, 3.8) is 0 Å². The van der Waals surface area contributed by atoms with Gasteiger partial charge in [-0.15, -0.1) is 0 Å². The number of hydrogen-bond acceptors (Lipinski definition) is 4. The molecule has 6 nitrogen and oxygen atoms in total. The standard InChI is InChI=1S/C21H28ClN5O/c1-16(28-19-7-5-18(22)6-8-19)14-25-21(23-2)26-15-17-9-10-24-20(13-17)27-11-3-4-12-27/h5-10,13,16H,3-4,11-12,14-15H2,1-2H3,(H2,23,25,26). The lowest BCUT2D eigenvalue weighted by Crippen LogP contribution is -2.41. The summed E-state index contributed by atoms with van der Waals surface area (Å²) in [5.41, 5.74) is 1.19. The first kappa shape index (κ1) is 20.3. The Kier molecular flexibility index (Phi) is 7.37. The van der Waals surface area contributed by atoms with E-state index in [0.717, 1.165) is 30.6 Å². The van der Waals surface area contributed by atoms with E-state index in [0.29, 0.717) is 18.1 Å². The van der Waals surface area contributed by atoms with Gasteiger partial charge in [0.2, 0.25) is 0 Å². The molecule has 0 amide bonds. The fourth-order valence-electron chi connectivity index (χ4n) is 3.12. The van der Waals surface area contributed by atoms with Crippen LogP contribution in [0.3, 0.4) is 0 Å². The number of nitrogens with zero attached hydrogens (tertiary/aromatic N) is 3. The van der Waals surface area contributed by atoms with Crippen molar-refractivity contribution < 1.29 is 4.74 Å². The molecular formula is C21H28ClN5O. The minimum absolute atomic E-state index is 0.0116. The molecule has 150 valence electrons. The molecule has 1 atom stereocenters. The molecule has 28 heavy (non-hydrogen) atoms. The summed E-state index contributed by atoms with van der Waals surface area (Å²) in [6, 6.07) is 11.6. The van der Waals surface area contributed by atoms with Crippen LogP contribution in [0.4, 0.5) is 5.82 Å². The first-order valence-electron chi connectivity index (χ1n) is 9.70. The summed E-state index contributed by atoms with van der Waals surface area (Å²) in [5.74, 6) is 2.60. The van der Waals surface area contributed by atoms with Crippen molar-refractivity contribution in [1.82, 2.24) is 15.6 Å². The number of benzene rings is 1. The Hall–Kier alpha value is -2.47. The van der Waals surface area contributed by atoms with Crippen LogP contribution >= 0.6 is 11.6 Å². The van der Waals surface area contributed by atoms with E-state index < -0.39 is 0 Å². The Bertz CT molecular complexity index is 775. The van der Waals surface area contributed by atoms with Gasteiger partial charge < -0.3 is 20.3 Å². The number of rotatable bonds is 7. The number of halogens is 1. The molecule has 0 bridgehead atoms. The summed E-state index contributed by atoms with van der Waals surface area (Å²) >= 11 is 5.90. The molecule has 2 heterocycles. The summed E-state index contributed by atoms with van der Waals surface area (Å²) in [4.78, 5) is 11.1. The predicted octanol–water partition coefficient (Wildman–Crippen LogP) is 3.47. The molecule has 1 aromatic carbocycles. The van der Waals surface area contributed by atoms with Gasteiger partial charge in [0.25, 0.3) is 0 Å². The number of hydrogen-bond donors (Lipinski definition) is 2. The highest BCUT2D eigenvalue weighted by Gasteiger charge is 2.13. The van der Waals surface area contributed by atoms with Gasteiger partial charge in [-0.2, -0.15) is 0 Å². The molecular weight excluding hydrogens is 374 g/mol. The summed E-state index contributed by atoms with van der Waals surface area (Å²) in [6.45, 7) is 5.53. The van der Waals surface area contributed by atoms with E-state index in [2.05, 4.69) is 31.6 Å². The third kappa shape index (κ3) is 6.02. The first-order chi connectivity index (χ1) is 13.6. The summed E-state index contributed by atoms with van der Waals surface area (Å²) < 4.78 is 5.88. The van der Waals surface area contributed by atoms with Crippen LogP contribution in [0.25, 0.3) is 0 Å². The predicted molar refractivity (Wildman–Crippen MR) is 115 cm³/mol. The van der Waals surface area contributed by atoms with Crippen molar-refractivity contribution in [2.75, 3.05) is 31.6 Å². The Balaban J connectivity index is 1.45. The zero-order valence-electron chi connectivity index (χ0n) is 16.5. The van der Waals surface area contributed by atoms with E-state index in [1.807, 2.05) is 43.5 Å². The SMILES string of the molecule is CN=C(NCc1ccnc(N2CCCC2)c1)NCC(C)Oc1ccc(Cl)cc1. The van der Waals surface area contributed by atoms with Gasteiger partial charge >= 0.3 is 0 Å². The molecule has 0 spiro atoms. The average Bonchev–Trinajstić information content (AvgIpc) is 3.25. The van der Waals surface area contributed by atoms with E-state index in [4.69, 9.17) is 16.3 Å². The van der Waals surface area contributed by atoms with Crippen LogP contribution in [0, 0.1) is 0 Å². The Morgan fingerprint density at radius 3 is 2.68 bits per heavy atom. The van der Waals surface area contributed by atoms with Crippen molar-refractivity contribution in [2.24, 2.45) is 4.99 Å². The quantitative estimate of drug-likeness (QED) is 0.549. The van der Waals surface area contributed by atoms with Gasteiger partial charge in [-0.05, 0) is 61.7 Å². The molecule has 1 aromatic heterocycles. The topological polar surface area (TPSA) is 61.8 Å². The second-order valence-corrected chi connectivity index (χ2v) is 7.34. The van der Waals surface area contributed by atoms with Gasteiger partial charge in [0.15, 0.2) is 5.96 Å². The maximum Gasteiger partial charge on any atom is 0.191 e. The van der Waals surface area contributed by atoms with Gasteiger partial charge in [0.1, 0.15) is 17.7 Å². The Morgan fingerprint density at radius 2 is 1.96 bits per heavy atom. The number of pyridine rings is 1.